The van der Waals surface area contributed by atoms with Crippen LogP contribution in [-0.4, -0.2) is 15.0 Å². The number of hydrogen-bond donors (Lipinski definition) is 1. The average Bonchev–Trinajstić information content (AvgIpc) is 2.53. The van der Waals surface area contributed by atoms with Crippen molar-refractivity contribution in [2.24, 2.45) is 0 Å². The molecule has 0 heterocycles. The highest BCUT2D eigenvalue weighted by atomic mass is 79.9. The van der Waals surface area contributed by atoms with Crippen molar-refractivity contribution in [3.63, 3.8) is 0 Å². The van der Waals surface area contributed by atoms with Crippen molar-refractivity contribution in [1.82, 2.24) is 4.72 Å². The van der Waals surface area contributed by atoms with Crippen LogP contribution in [0.5, 0.6) is 0 Å². The summed E-state index contributed by atoms with van der Waals surface area (Å²) in [5.41, 5.74) is 0.346. The van der Waals surface area contributed by atoms with E-state index in [0.717, 1.165) is 16.6 Å². The van der Waals surface area contributed by atoms with Crippen molar-refractivity contribution in [3.8, 4) is 0 Å². The Morgan fingerprint density at radius 1 is 1.12 bits per heavy atom. The second-order valence-corrected chi connectivity index (χ2v) is 8.10. The average molecular weight is 436 g/mol. The van der Waals surface area contributed by atoms with Crippen LogP contribution in [0.25, 0.3) is 0 Å². The van der Waals surface area contributed by atoms with Crippen molar-refractivity contribution in [1.29, 1.82) is 0 Å². The van der Waals surface area contributed by atoms with Gasteiger partial charge in [-0.15, -0.1) is 0 Å². The second kappa shape index (κ2) is 7.88. The van der Waals surface area contributed by atoms with Crippen LogP contribution in [0.15, 0.2) is 51.8 Å². The molecule has 0 aliphatic heterocycles. The maximum absolute atomic E-state index is 12.7. The van der Waals surface area contributed by atoms with Gasteiger partial charge in [0.15, 0.2) is 0 Å². The van der Waals surface area contributed by atoms with Gasteiger partial charge in [-0.05, 0) is 48.2 Å². The van der Waals surface area contributed by atoms with Gasteiger partial charge in [-0.2, -0.15) is 13.2 Å². The number of benzene rings is 2. The predicted molar refractivity (Wildman–Crippen MR) is 93.9 cm³/mol. The number of rotatable bonds is 6. The van der Waals surface area contributed by atoms with Gasteiger partial charge in [-0.3, -0.25) is 0 Å². The van der Waals surface area contributed by atoms with E-state index in [1.54, 1.807) is 18.2 Å². The molecular weight excluding hydrogens is 419 g/mol. The first-order chi connectivity index (χ1) is 11.6. The molecule has 0 fully saturated rings. The van der Waals surface area contributed by atoms with Gasteiger partial charge in [0.05, 0.1) is 10.5 Å². The largest absolute Gasteiger partial charge is 0.416 e. The molecule has 0 saturated carbocycles. The third-order valence-electron chi connectivity index (χ3n) is 3.65. The Morgan fingerprint density at radius 3 is 2.48 bits per heavy atom. The summed E-state index contributed by atoms with van der Waals surface area (Å²) >= 11 is 3.30. The topological polar surface area (TPSA) is 46.2 Å². The van der Waals surface area contributed by atoms with Crippen molar-refractivity contribution >= 4 is 26.0 Å². The number of aryl methyl sites for hydroxylation is 1. The lowest BCUT2D eigenvalue weighted by Crippen LogP contribution is -2.27. The summed E-state index contributed by atoms with van der Waals surface area (Å²) in [5, 5.41) is 0. The Balaban J connectivity index is 2.09. The third kappa shape index (κ3) is 5.29. The van der Waals surface area contributed by atoms with Crippen LogP contribution in [0.1, 0.15) is 23.6 Å². The molecule has 0 unspecified atom stereocenters. The molecule has 0 amide bonds. The number of nitrogens with one attached hydrogen (secondary N) is 1. The van der Waals surface area contributed by atoms with E-state index < -0.39 is 21.8 Å². The zero-order valence-corrected chi connectivity index (χ0v) is 15.8. The molecule has 136 valence electrons. The lowest BCUT2D eigenvalue weighted by Gasteiger charge is -2.12. The van der Waals surface area contributed by atoms with Gasteiger partial charge in [0.2, 0.25) is 10.0 Å². The Morgan fingerprint density at radius 2 is 1.84 bits per heavy atom. The first-order valence-electron chi connectivity index (χ1n) is 7.57. The molecule has 2 rings (SSSR count). The Hall–Kier alpha value is -1.38. The van der Waals surface area contributed by atoms with Crippen LogP contribution in [-0.2, 0) is 29.0 Å². The molecule has 0 aliphatic rings. The van der Waals surface area contributed by atoms with Gasteiger partial charge >= 0.3 is 6.18 Å². The fourth-order valence-corrected chi connectivity index (χ4v) is 4.13. The summed E-state index contributed by atoms with van der Waals surface area (Å²) in [7, 11) is -3.72. The minimum absolute atomic E-state index is 0.0167. The van der Waals surface area contributed by atoms with Crippen molar-refractivity contribution < 1.29 is 21.6 Å². The summed E-state index contributed by atoms with van der Waals surface area (Å²) in [6.07, 6.45) is -3.70. The van der Waals surface area contributed by atoms with E-state index in [0.29, 0.717) is 17.5 Å². The predicted octanol–water partition coefficient (Wildman–Crippen LogP) is 4.55. The van der Waals surface area contributed by atoms with E-state index in [1.165, 1.54) is 12.1 Å². The van der Waals surface area contributed by atoms with E-state index >= 15 is 0 Å². The van der Waals surface area contributed by atoms with E-state index in [4.69, 9.17) is 0 Å². The molecule has 0 aliphatic carbocycles. The monoisotopic (exact) mass is 435 g/mol. The van der Waals surface area contributed by atoms with Gasteiger partial charge < -0.3 is 0 Å². The minimum Gasteiger partial charge on any atom is -0.211 e. The molecule has 1 N–H and O–H groups in total. The fraction of sp³-hybridized carbons (Fsp3) is 0.294. The van der Waals surface area contributed by atoms with Gasteiger partial charge in [0.25, 0.3) is 0 Å². The first kappa shape index (κ1) is 19.9. The lowest BCUT2D eigenvalue weighted by atomic mass is 10.1. The van der Waals surface area contributed by atoms with Gasteiger partial charge in [0.1, 0.15) is 0 Å². The van der Waals surface area contributed by atoms with Crippen LogP contribution in [0, 0.1) is 0 Å². The highest BCUT2D eigenvalue weighted by Crippen LogP contribution is 2.29. The Bertz CT molecular complexity index is 851. The molecule has 0 atom stereocenters. The maximum Gasteiger partial charge on any atom is 0.416 e. The highest BCUT2D eigenvalue weighted by molar-refractivity contribution is 9.10. The van der Waals surface area contributed by atoms with Crippen LogP contribution < -0.4 is 4.72 Å². The van der Waals surface area contributed by atoms with Crippen molar-refractivity contribution in [2.45, 2.75) is 30.8 Å². The molecule has 0 saturated heterocycles. The molecule has 25 heavy (non-hydrogen) atoms. The summed E-state index contributed by atoms with van der Waals surface area (Å²) < 4.78 is 66.2. The summed E-state index contributed by atoms with van der Waals surface area (Å²) in [6.45, 7) is 1.87. The zero-order valence-electron chi connectivity index (χ0n) is 13.4. The quantitative estimate of drug-likeness (QED) is 0.723. The molecule has 0 spiro atoms. The smallest absolute Gasteiger partial charge is 0.211 e. The van der Waals surface area contributed by atoms with Gasteiger partial charge in [-0.25, -0.2) is 13.1 Å². The molecule has 3 nitrogen and oxygen atoms in total. The van der Waals surface area contributed by atoms with E-state index in [2.05, 4.69) is 20.7 Å². The van der Waals surface area contributed by atoms with E-state index in [9.17, 15) is 21.6 Å². The van der Waals surface area contributed by atoms with Crippen LogP contribution in [0.3, 0.4) is 0 Å². The maximum atomic E-state index is 12.7. The SMILES string of the molecule is CCc1cc(Br)ccc1S(=O)(=O)NCCc1cccc(C(F)(F)F)c1. The molecule has 8 heteroatoms. The Kier molecular flexibility index (Phi) is 6.29. The molecule has 0 aromatic heterocycles. The van der Waals surface area contributed by atoms with Crippen molar-refractivity contribution in [2.75, 3.05) is 6.54 Å². The fourth-order valence-electron chi connectivity index (χ4n) is 2.40. The van der Waals surface area contributed by atoms with E-state index in [1.807, 2.05) is 6.92 Å². The molecule has 0 bridgehead atoms. The number of hydrogen-bond acceptors (Lipinski definition) is 2. The van der Waals surface area contributed by atoms with Crippen LogP contribution in [0.2, 0.25) is 0 Å². The summed E-state index contributed by atoms with van der Waals surface area (Å²) in [5.74, 6) is 0. The molecule has 2 aromatic rings. The van der Waals surface area contributed by atoms with Gasteiger partial charge in [0, 0.05) is 11.0 Å². The van der Waals surface area contributed by atoms with Crippen LogP contribution >= 0.6 is 15.9 Å². The lowest BCUT2D eigenvalue weighted by molar-refractivity contribution is -0.137. The number of sulfonamides is 1. The van der Waals surface area contributed by atoms with Gasteiger partial charge in [-0.1, -0.05) is 41.1 Å². The summed E-state index contributed by atoms with van der Waals surface area (Å²) in [4.78, 5) is 0.183. The molecular formula is C17H17BrF3NO2S. The third-order valence-corrected chi connectivity index (χ3v) is 5.71. The van der Waals surface area contributed by atoms with Crippen molar-refractivity contribution in [3.05, 3.63) is 63.6 Å². The number of halogens is 4. The second-order valence-electron chi connectivity index (χ2n) is 5.45. The summed E-state index contributed by atoms with van der Waals surface area (Å²) in [6, 6.07) is 9.77. The zero-order chi connectivity index (χ0) is 18.7. The Labute approximate surface area is 153 Å². The first-order valence-corrected chi connectivity index (χ1v) is 9.85. The molecule has 0 radical (unpaired) electrons. The molecule has 2 aromatic carbocycles. The number of alkyl halides is 3. The van der Waals surface area contributed by atoms with Crippen LogP contribution in [0.4, 0.5) is 13.2 Å². The normalized spacial score (nSPS) is 12.4. The standard InChI is InChI=1S/C17H17BrF3NO2S/c1-2-13-11-15(18)6-7-16(13)25(23,24)22-9-8-12-4-3-5-14(10-12)17(19,20)21/h3-7,10-11,22H,2,8-9H2,1H3. The van der Waals surface area contributed by atoms with E-state index in [-0.39, 0.29) is 17.9 Å². The minimum atomic E-state index is -4.41. The highest BCUT2D eigenvalue weighted by Gasteiger charge is 2.30.